The van der Waals surface area contributed by atoms with E-state index in [1.807, 2.05) is 17.9 Å². The second-order valence-corrected chi connectivity index (χ2v) is 7.40. The number of aromatic nitrogens is 2. The van der Waals surface area contributed by atoms with Crippen molar-refractivity contribution in [3.63, 3.8) is 0 Å². The van der Waals surface area contributed by atoms with E-state index in [4.69, 9.17) is 0 Å². The molecule has 1 atom stereocenters. The fourth-order valence-corrected chi connectivity index (χ4v) is 4.17. The van der Waals surface area contributed by atoms with Crippen LogP contribution in [0, 0.1) is 0 Å². The smallest absolute Gasteiger partial charge is 0.0537 e. The van der Waals surface area contributed by atoms with Crippen LogP contribution in [0.15, 0.2) is 30.6 Å². The number of hydrogen-bond donors (Lipinski definition) is 1. The molecule has 2 aliphatic rings. The van der Waals surface area contributed by atoms with Crippen molar-refractivity contribution in [2.24, 2.45) is 7.05 Å². The van der Waals surface area contributed by atoms with Crippen LogP contribution in [0.2, 0.25) is 0 Å². The zero-order chi connectivity index (χ0) is 16.5. The quantitative estimate of drug-likeness (QED) is 0.937. The second-order valence-electron chi connectivity index (χ2n) is 7.40. The number of fused-ring (bicyclic) bond motifs is 1. The van der Waals surface area contributed by atoms with Gasteiger partial charge >= 0.3 is 0 Å². The number of hydrogen-bond acceptors (Lipinski definition) is 3. The van der Waals surface area contributed by atoms with Gasteiger partial charge in [0.1, 0.15) is 0 Å². The summed E-state index contributed by atoms with van der Waals surface area (Å²) in [4.78, 5) is 2.56. The molecule has 2 heterocycles. The zero-order valence-corrected chi connectivity index (χ0v) is 14.8. The van der Waals surface area contributed by atoms with Gasteiger partial charge < -0.3 is 10.2 Å². The number of rotatable bonds is 4. The van der Waals surface area contributed by atoms with E-state index in [0.717, 1.165) is 13.1 Å². The Kier molecular flexibility index (Phi) is 4.31. The first-order chi connectivity index (χ1) is 11.7. The van der Waals surface area contributed by atoms with Crippen LogP contribution in [0.5, 0.6) is 0 Å². The molecule has 1 N–H and O–H groups in total. The summed E-state index contributed by atoms with van der Waals surface area (Å²) in [6.45, 7) is 4.54. The predicted molar refractivity (Wildman–Crippen MR) is 98.5 cm³/mol. The molecule has 1 aromatic heterocycles. The van der Waals surface area contributed by atoms with Crippen molar-refractivity contribution in [2.45, 2.75) is 51.1 Å². The highest BCUT2D eigenvalue weighted by atomic mass is 15.2. The van der Waals surface area contributed by atoms with E-state index in [2.05, 4.69) is 46.6 Å². The normalized spacial score (nSPS) is 19.5. The summed E-state index contributed by atoms with van der Waals surface area (Å²) in [6.07, 6.45) is 10.4. The minimum Gasteiger partial charge on any atom is -0.371 e. The molecule has 1 saturated heterocycles. The van der Waals surface area contributed by atoms with Gasteiger partial charge in [0.05, 0.1) is 6.20 Å². The molecule has 24 heavy (non-hydrogen) atoms. The van der Waals surface area contributed by atoms with Crippen molar-refractivity contribution in [1.82, 2.24) is 15.1 Å². The van der Waals surface area contributed by atoms with Gasteiger partial charge in [0.15, 0.2) is 0 Å². The molecule has 0 radical (unpaired) electrons. The van der Waals surface area contributed by atoms with E-state index in [-0.39, 0.29) is 0 Å². The van der Waals surface area contributed by atoms with Crippen LogP contribution >= 0.6 is 0 Å². The lowest BCUT2D eigenvalue weighted by molar-refractivity contribution is 0.381. The Balaban J connectivity index is 1.33. The lowest BCUT2D eigenvalue weighted by Gasteiger charge is -2.35. The molecule has 0 saturated carbocycles. The summed E-state index contributed by atoms with van der Waals surface area (Å²) >= 11 is 0. The number of anilines is 1. The molecule has 4 rings (SSSR count). The molecular formula is C20H28N4. The lowest BCUT2D eigenvalue weighted by Crippen LogP contribution is -2.43. The molecule has 2 aromatic rings. The van der Waals surface area contributed by atoms with Crippen molar-refractivity contribution < 1.29 is 0 Å². The maximum absolute atomic E-state index is 4.28. The Morgan fingerprint density at radius 3 is 2.71 bits per heavy atom. The van der Waals surface area contributed by atoms with E-state index >= 15 is 0 Å². The average molecular weight is 324 g/mol. The van der Waals surface area contributed by atoms with Gasteiger partial charge in [0, 0.05) is 49.7 Å². The van der Waals surface area contributed by atoms with E-state index in [1.54, 1.807) is 11.1 Å². The molecule has 1 aliphatic carbocycles. The number of piperidine rings is 1. The number of benzene rings is 1. The minimum atomic E-state index is 0.371. The molecule has 1 aromatic carbocycles. The molecule has 0 unspecified atom stereocenters. The highest BCUT2D eigenvalue weighted by molar-refractivity contribution is 5.52. The Labute approximate surface area is 144 Å². The summed E-state index contributed by atoms with van der Waals surface area (Å²) in [7, 11) is 1.98. The molecule has 1 fully saturated rings. The molecule has 4 heteroatoms. The molecule has 128 valence electrons. The maximum Gasteiger partial charge on any atom is 0.0537 e. The fraction of sp³-hybridized carbons (Fsp3) is 0.550. The zero-order valence-electron chi connectivity index (χ0n) is 14.8. The monoisotopic (exact) mass is 324 g/mol. The molecule has 0 amide bonds. The summed E-state index contributed by atoms with van der Waals surface area (Å²) in [5.41, 5.74) is 5.85. The fourth-order valence-electron chi connectivity index (χ4n) is 4.17. The Morgan fingerprint density at radius 1 is 1.17 bits per heavy atom. The van der Waals surface area contributed by atoms with Crippen molar-refractivity contribution in [3.8, 4) is 0 Å². The summed E-state index contributed by atoms with van der Waals surface area (Å²) < 4.78 is 1.88. The average Bonchev–Trinajstić information content (AvgIpc) is 3.23. The number of nitrogens with one attached hydrogen (secondary N) is 1. The van der Waals surface area contributed by atoms with Gasteiger partial charge in [-0.3, -0.25) is 4.68 Å². The van der Waals surface area contributed by atoms with Crippen LogP contribution in [-0.2, 0) is 19.9 Å². The first-order valence-electron chi connectivity index (χ1n) is 9.30. The van der Waals surface area contributed by atoms with Gasteiger partial charge in [0.25, 0.3) is 0 Å². The van der Waals surface area contributed by atoms with Gasteiger partial charge in [0.2, 0.25) is 0 Å². The van der Waals surface area contributed by atoms with E-state index in [1.165, 1.54) is 43.4 Å². The Hall–Kier alpha value is -1.81. The first-order valence-corrected chi connectivity index (χ1v) is 9.30. The molecular weight excluding hydrogens is 296 g/mol. The van der Waals surface area contributed by atoms with Crippen LogP contribution in [0.3, 0.4) is 0 Å². The van der Waals surface area contributed by atoms with Crippen LogP contribution < -0.4 is 10.2 Å². The van der Waals surface area contributed by atoms with E-state index < -0.39 is 0 Å². The van der Waals surface area contributed by atoms with Crippen LogP contribution in [-0.4, -0.2) is 28.9 Å². The third kappa shape index (κ3) is 3.20. The predicted octanol–water partition coefficient (Wildman–Crippen LogP) is 3.23. The van der Waals surface area contributed by atoms with E-state index in [9.17, 15) is 0 Å². The van der Waals surface area contributed by atoms with Crippen LogP contribution in [0.4, 0.5) is 5.69 Å². The van der Waals surface area contributed by atoms with Crippen molar-refractivity contribution in [1.29, 1.82) is 0 Å². The number of nitrogens with zero attached hydrogens (tertiary/aromatic N) is 3. The molecule has 0 spiro atoms. The topological polar surface area (TPSA) is 33.1 Å². The Morgan fingerprint density at radius 2 is 1.96 bits per heavy atom. The third-order valence-electron chi connectivity index (χ3n) is 5.65. The molecule has 4 nitrogen and oxygen atoms in total. The van der Waals surface area contributed by atoms with Gasteiger partial charge in [-0.15, -0.1) is 0 Å². The van der Waals surface area contributed by atoms with Crippen molar-refractivity contribution in [3.05, 3.63) is 47.3 Å². The van der Waals surface area contributed by atoms with Crippen LogP contribution in [0.1, 0.15) is 48.9 Å². The standard InChI is InChI=1S/C20H28N4/c1-15(18-13-21-23(2)14-18)22-19-8-10-24(11-9-19)20-7-6-16-4-3-5-17(16)12-20/h6-7,12-15,19,22H,3-5,8-11H2,1-2H3/t15-/m1/s1. The SMILES string of the molecule is C[C@@H](NC1CCN(c2ccc3c(c2)CCC3)CC1)c1cnn(C)c1. The second kappa shape index (κ2) is 6.60. The lowest BCUT2D eigenvalue weighted by atomic mass is 10.0. The van der Waals surface area contributed by atoms with Crippen molar-refractivity contribution in [2.75, 3.05) is 18.0 Å². The molecule has 1 aliphatic heterocycles. The molecule has 0 bridgehead atoms. The largest absolute Gasteiger partial charge is 0.371 e. The summed E-state index contributed by atoms with van der Waals surface area (Å²) in [6, 6.07) is 8.10. The van der Waals surface area contributed by atoms with Gasteiger partial charge in [-0.25, -0.2) is 0 Å². The van der Waals surface area contributed by atoms with Crippen LogP contribution in [0.25, 0.3) is 0 Å². The maximum atomic E-state index is 4.28. The van der Waals surface area contributed by atoms with Gasteiger partial charge in [-0.05, 0) is 62.3 Å². The summed E-state index contributed by atoms with van der Waals surface area (Å²) in [5.74, 6) is 0. The Bertz CT molecular complexity index is 697. The van der Waals surface area contributed by atoms with Gasteiger partial charge in [-0.1, -0.05) is 6.07 Å². The minimum absolute atomic E-state index is 0.371. The van der Waals surface area contributed by atoms with E-state index in [0.29, 0.717) is 12.1 Å². The van der Waals surface area contributed by atoms with Gasteiger partial charge in [-0.2, -0.15) is 5.10 Å². The summed E-state index contributed by atoms with van der Waals surface area (Å²) in [5, 5.41) is 8.06. The van der Waals surface area contributed by atoms with Crippen molar-refractivity contribution >= 4 is 5.69 Å². The first kappa shape index (κ1) is 15.7. The highest BCUT2D eigenvalue weighted by Crippen LogP contribution is 2.28. The third-order valence-corrected chi connectivity index (χ3v) is 5.65. The highest BCUT2D eigenvalue weighted by Gasteiger charge is 2.22. The number of aryl methyl sites for hydroxylation is 3.